The molecule has 6 heteroatoms. The maximum atomic E-state index is 7.57. The number of pyridine rings is 1. The Morgan fingerprint density at radius 1 is 1.19 bits per heavy atom. The minimum Gasteiger partial charge on any atom is -0.397 e. The van der Waals surface area contributed by atoms with Gasteiger partial charge >= 0.3 is 0 Å². The molecule has 0 unspecified atom stereocenters. The van der Waals surface area contributed by atoms with Gasteiger partial charge in [-0.05, 0) is 51.6 Å². The van der Waals surface area contributed by atoms with E-state index in [0.29, 0.717) is 0 Å². The third-order valence-corrected chi connectivity index (χ3v) is 2.48. The molecule has 1 heterocycles. The molecule has 0 radical (unpaired) electrons. The summed E-state index contributed by atoms with van der Waals surface area (Å²) < 4.78 is 5.05. The first-order chi connectivity index (χ1) is 13.2. The Morgan fingerprint density at radius 2 is 1.85 bits per heavy atom. The lowest BCUT2D eigenvalue weighted by atomic mass is 10.3. The molecular formula is C21H38BrN3O2. The van der Waals surface area contributed by atoms with Gasteiger partial charge in [-0.15, -0.1) is 0 Å². The summed E-state index contributed by atoms with van der Waals surface area (Å²) >= 11 is 2.94. The Labute approximate surface area is 174 Å². The van der Waals surface area contributed by atoms with E-state index in [4.69, 9.17) is 9.84 Å². The fraction of sp³-hybridized carbons (Fsp3) is 0.524. The van der Waals surface area contributed by atoms with Crippen LogP contribution in [0.25, 0.3) is 0 Å². The second-order valence-corrected chi connectivity index (χ2v) is 4.80. The highest BCUT2D eigenvalue weighted by Crippen LogP contribution is 2.02. The van der Waals surface area contributed by atoms with E-state index in [-0.39, 0.29) is 6.61 Å². The third kappa shape index (κ3) is 29.5. The second-order valence-electron chi connectivity index (χ2n) is 4.80. The maximum absolute atomic E-state index is 7.57. The van der Waals surface area contributed by atoms with E-state index in [1.807, 2.05) is 69.4 Å². The van der Waals surface area contributed by atoms with Gasteiger partial charge in [-0.1, -0.05) is 53.2 Å². The molecule has 0 atom stereocenters. The van der Waals surface area contributed by atoms with Gasteiger partial charge in [-0.2, -0.15) is 5.10 Å². The number of aromatic nitrogens is 1. The minimum absolute atomic E-state index is 0.250. The number of alkyl halides is 1. The summed E-state index contributed by atoms with van der Waals surface area (Å²) in [4.78, 5) is 4.15. The molecule has 0 aromatic carbocycles. The molecule has 0 amide bonds. The number of aliphatic hydroxyl groups is 1. The molecule has 27 heavy (non-hydrogen) atoms. The van der Waals surface area contributed by atoms with Crippen molar-refractivity contribution >= 4 is 28.0 Å². The van der Waals surface area contributed by atoms with Gasteiger partial charge in [0.05, 0.1) is 6.61 Å². The number of rotatable bonds is 8. The summed E-state index contributed by atoms with van der Waals surface area (Å²) in [6.07, 6.45) is 13.7. The summed E-state index contributed by atoms with van der Waals surface area (Å²) in [5, 5.41) is 11.6. The zero-order valence-electron chi connectivity index (χ0n) is 17.8. The van der Waals surface area contributed by atoms with E-state index < -0.39 is 0 Å². The van der Waals surface area contributed by atoms with Crippen LogP contribution >= 0.6 is 15.9 Å². The van der Waals surface area contributed by atoms with Crippen molar-refractivity contribution in [1.82, 2.24) is 4.98 Å². The quantitative estimate of drug-likeness (QED) is 0.176. The predicted molar refractivity (Wildman–Crippen MR) is 124 cm³/mol. The van der Waals surface area contributed by atoms with Crippen molar-refractivity contribution in [3.05, 3.63) is 48.2 Å². The monoisotopic (exact) mass is 443 g/mol. The number of hydrazone groups is 1. The molecule has 0 spiro atoms. The van der Waals surface area contributed by atoms with E-state index in [0.717, 1.165) is 37.4 Å². The van der Waals surface area contributed by atoms with Crippen molar-refractivity contribution in [3.8, 4) is 0 Å². The first kappa shape index (κ1) is 30.2. The highest BCUT2D eigenvalue weighted by molar-refractivity contribution is 9.08. The summed E-state index contributed by atoms with van der Waals surface area (Å²) in [6.45, 7) is 11.6. The zero-order chi connectivity index (χ0) is 21.2. The van der Waals surface area contributed by atoms with E-state index in [1.54, 1.807) is 6.92 Å². The lowest BCUT2D eigenvalue weighted by molar-refractivity contribution is 0.177. The van der Waals surface area contributed by atoms with Crippen LogP contribution in [-0.2, 0) is 4.74 Å². The third-order valence-electron chi connectivity index (χ3n) is 2.48. The van der Waals surface area contributed by atoms with Gasteiger partial charge in [0.25, 0.3) is 0 Å². The van der Waals surface area contributed by atoms with Crippen LogP contribution in [-0.4, -0.2) is 42.0 Å². The van der Waals surface area contributed by atoms with Crippen LogP contribution in [0.5, 0.6) is 0 Å². The molecule has 5 nitrogen and oxygen atoms in total. The Bertz CT molecular complexity index is 461. The number of anilines is 1. The number of nitrogens with zero attached hydrogens (tertiary/aromatic N) is 2. The van der Waals surface area contributed by atoms with Crippen molar-refractivity contribution < 1.29 is 9.84 Å². The lowest BCUT2D eigenvalue weighted by Gasteiger charge is -1.97. The molecule has 1 aromatic rings. The van der Waals surface area contributed by atoms with Gasteiger partial charge in [0.15, 0.2) is 0 Å². The zero-order valence-corrected chi connectivity index (χ0v) is 19.4. The number of hydrogen-bond donors (Lipinski definition) is 2. The smallest absolute Gasteiger partial charge is 0.146 e. The van der Waals surface area contributed by atoms with Gasteiger partial charge < -0.3 is 9.84 Å². The minimum atomic E-state index is 0.250. The predicted octanol–water partition coefficient (Wildman–Crippen LogP) is 5.75. The Balaban J connectivity index is -0.000000376. The molecule has 2 N–H and O–H groups in total. The van der Waals surface area contributed by atoms with Crippen LogP contribution in [0.1, 0.15) is 46.1 Å². The van der Waals surface area contributed by atoms with Crippen LogP contribution in [0.15, 0.2) is 47.7 Å². The first-order valence-corrected chi connectivity index (χ1v) is 10.8. The highest BCUT2D eigenvalue weighted by Gasteiger charge is 1.88. The normalized spacial score (nSPS) is 9.93. The molecule has 0 aliphatic heterocycles. The van der Waals surface area contributed by atoms with E-state index in [1.165, 1.54) is 0 Å². The maximum Gasteiger partial charge on any atom is 0.146 e. The Morgan fingerprint density at radius 3 is 2.33 bits per heavy atom. The molecule has 1 rings (SSSR count). The van der Waals surface area contributed by atoms with Crippen LogP contribution < -0.4 is 5.43 Å². The van der Waals surface area contributed by atoms with Crippen molar-refractivity contribution in [1.29, 1.82) is 0 Å². The molecule has 0 aliphatic rings. The van der Waals surface area contributed by atoms with Gasteiger partial charge in [-0.3, -0.25) is 5.43 Å². The Hall–Kier alpha value is -1.50. The van der Waals surface area contributed by atoms with Gasteiger partial charge in [0, 0.05) is 32.0 Å². The molecule has 0 saturated heterocycles. The van der Waals surface area contributed by atoms with Crippen LogP contribution in [0.3, 0.4) is 0 Å². The van der Waals surface area contributed by atoms with Crippen LogP contribution in [0, 0.1) is 6.92 Å². The standard InChI is InChI=1S/C11H15N3.C7H14O.C2H6O.CH3Br/c1-3-4-5-8-13-14-11-7-6-10(2)9-12-11;1-3-5-6-7-8-4-2;1-2-3;1-2/h3-4,6-9H,5H2,1-2H3,(H,12,14);5-6H,3-4,7H2,1-2H3;3H,2H2,1H3;1H3/b4-3-,13-8+;6-5+;;. The van der Waals surface area contributed by atoms with Crippen molar-refractivity contribution in [2.45, 2.75) is 47.5 Å². The van der Waals surface area contributed by atoms with Crippen molar-refractivity contribution in [3.63, 3.8) is 0 Å². The van der Waals surface area contributed by atoms with E-state index in [9.17, 15) is 0 Å². The number of nitrogens with one attached hydrogen (secondary N) is 1. The molecule has 0 fully saturated rings. The van der Waals surface area contributed by atoms with Crippen LogP contribution in [0.2, 0.25) is 0 Å². The Kier molecular flexibility index (Phi) is 32.8. The summed E-state index contributed by atoms with van der Waals surface area (Å²) in [5.74, 6) is 2.58. The first-order valence-electron chi connectivity index (χ1n) is 9.18. The summed E-state index contributed by atoms with van der Waals surface area (Å²) in [6, 6.07) is 3.90. The second kappa shape index (κ2) is 29.3. The van der Waals surface area contributed by atoms with Crippen molar-refractivity contribution in [2.24, 2.45) is 5.10 Å². The van der Waals surface area contributed by atoms with Gasteiger partial charge in [0.2, 0.25) is 0 Å². The summed E-state index contributed by atoms with van der Waals surface area (Å²) in [5.41, 5.74) is 4.00. The molecule has 0 aliphatic carbocycles. The topological polar surface area (TPSA) is 66.7 Å². The fourth-order valence-electron chi connectivity index (χ4n) is 1.32. The molecule has 0 bridgehead atoms. The molecule has 1 aromatic heterocycles. The van der Waals surface area contributed by atoms with E-state index >= 15 is 0 Å². The van der Waals surface area contributed by atoms with Crippen molar-refractivity contribution in [2.75, 3.05) is 31.1 Å². The number of aryl methyl sites for hydroxylation is 1. The van der Waals surface area contributed by atoms with Gasteiger partial charge in [-0.25, -0.2) is 4.98 Å². The van der Waals surface area contributed by atoms with E-state index in [2.05, 4.69) is 44.4 Å². The molecule has 0 saturated carbocycles. The number of hydrogen-bond acceptors (Lipinski definition) is 5. The average molecular weight is 444 g/mol. The molecular weight excluding hydrogens is 406 g/mol. The lowest BCUT2D eigenvalue weighted by Crippen LogP contribution is -1.91. The average Bonchev–Trinajstić information content (AvgIpc) is 2.69. The fourth-order valence-corrected chi connectivity index (χ4v) is 1.32. The number of aliphatic hydroxyl groups excluding tert-OH is 1. The SMILES string of the molecule is C/C=C\C/C=N/Nc1ccc(C)cn1.CBr.CC/C=C/COCC.CCO. The van der Waals surface area contributed by atoms with Crippen LogP contribution in [0.4, 0.5) is 5.82 Å². The number of ether oxygens (including phenoxy) is 1. The number of halogens is 1. The largest absolute Gasteiger partial charge is 0.397 e. The summed E-state index contributed by atoms with van der Waals surface area (Å²) in [7, 11) is 0. The molecule has 156 valence electrons. The van der Waals surface area contributed by atoms with Gasteiger partial charge in [0.1, 0.15) is 5.82 Å². The highest BCUT2D eigenvalue weighted by atomic mass is 79.9. The number of allylic oxidation sites excluding steroid dienone is 3.